The molecule has 1 atom stereocenters. The number of sulfonamides is 1. The summed E-state index contributed by atoms with van der Waals surface area (Å²) >= 11 is 0. The van der Waals surface area contributed by atoms with E-state index >= 15 is 0 Å². The van der Waals surface area contributed by atoms with E-state index in [0.717, 1.165) is 16.1 Å². The van der Waals surface area contributed by atoms with Crippen molar-refractivity contribution in [3.05, 3.63) is 83.3 Å². The highest BCUT2D eigenvalue weighted by Gasteiger charge is 2.39. The monoisotopic (exact) mass is 725 g/mol. The number of carbonyl (C=O) groups is 2. The summed E-state index contributed by atoms with van der Waals surface area (Å²) in [7, 11) is -4.74. The van der Waals surface area contributed by atoms with Crippen LogP contribution in [0.5, 0.6) is 0 Å². The molecular formula is C38H52FN3O6SSi. The summed E-state index contributed by atoms with van der Waals surface area (Å²) < 4.78 is 52.4. The van der Waals surface area contributed by atoms with Gasteiger partial charge < -0.3 is 9.16 Å². The van der Waals surface area contributed by atoms with E-state index in [9.17, 15) is 22.4 Å². The zero-order valence-corrected chi connectivity index (χ0v) is 33.0. The Hall–Kier alpha value is -3.74. The van der Waals surface area contributed by atoms with E-state index in [1.807, 2.05) is 58.0 Å². The summed E-state index contributed by atoms with van der Waals surface area (Å²) in [4.78, 5) is 35.7. The topological polar surface area (TPSA) is 116 Å². The highest BCUT2D eigenvalue weighted by molar-refractivity contribution is 7.92. The first-order valence-corrected chi connectivity index (χ1v) is 21.5. The van der Waals surface area contributed by atoms with Gasteiger partial charge in [0.05, 0.1) is 23.7 Å². The highest BCUT2D eigenvalue weighted by atomic mass is 32.2. The lowest BCUT2D eigenvalue weighted by Gasteiger charge is -2.38. The highest BCUT2D eigenvalue weighted by Crippen LogP contribution is 2.38. The number of nitrogens with zero attached hydrogens (tertiary/aromatic N) is 3. The molecule has 0 saturated carbocycles. The first-order chi connectivity index (χ1) is 23.0. The van der Waals surface area contributed by atoms with E-state index in [1.165, 1.54) is 19.2 Å². The summed E-state index contributed by atoms with van der Waals surface area (Å²) in [6, 6.07) is 15.5. The summed E-state index contributed by atoms with van der Waals surface area (Å²) in [5, 5.41) is -0.175. The minimum absolute atomic E-state index is 0.0226. The molecule has 0 aliphatic heterocycles. The Morgan fingerprint density at radius 2 is 1.58 bits per heavy atom. The number of halogens is 1. The van der Waals surface area contributed by atoms with Gasteiger partial charge in [-0.25, -0.2) is 27.1 Å². The van der Waals surface area contributed by atoms with Gasteiger partial charge in [0.15, 0.2) is 8.32 Å². The quantitative estimate of drug-likeness (QED) is 0.0877. The average molecular weight is 726 g/mol. The molecule has 0 N–H and O–H groups in total. The van der Waals surface area contributed by atoms with Crippen molar-refractivity contribution in [3.63, 3.8) is 0 Å². The van der Waals surface area contributed by atoms with Gasteiger partial charge in [-0.05, 0) is 67.7 Å². The Bertz CT molecular complexity index is 1790. The molecule has 12 heteroatoms. The number of hydrogen-bond donors (Lipinski definition) is 0. The molecule has 0 bridgehead atoms. The SMILES string of the molecule is CC(C)c1nc(N(C)S(C)(=O)=O)nc(-c2ccc(F)cc2)c1/C=C/[C@H](CC(=O)CC(=O)OC(C)(C)Cc1ccccc1)O[Si](C)(C)C(C)(C)C. The second kappa shape index (κ2) is 16.1. The van der Waals surface area contributed by atoms with Gasteiger partial charge in [-0.1, -0.05) is 77.1 Å². The molecule has 1 heterocycles. The molecule has 50 heavy (non-hydrogen) atoms. The van der Waals surface area contributed by atoms with Crippen molar-refractivity contribution in [1.29, 1.82) is 0 Å². The van der Waals surface area contributed by atoms with Gasteiger partial charge in [-0.2, -0.15) is 0 Å². The molecule has 0 fully saturated rings. The van der Waals surface area contributed by atoms with Gasteiger partial charge in [-0.15, -0.1) is 0 Å². The van der Waals surface area contributed by atoms with Gasteiger partial charge in [0.2, 0.25) is 16.0 Å². The fraction of sp³-hybridized carbons (Fsp3) is 0.474. The number of rotatable bonds is 15. The number of anilines is 1. The lowest BCUT2D eigenvalue weighted by Crippen LogP contribution is -2.44. The van der Waals surface area contributed by atoms with E-state index in [2.05, 4.69) is 43.8 Å². The van der Waals surface area contributed by atoms with E-state index in [-0.39, 0.29) is 29.1 Å². The average Bonchev–Trinajstić information content (AvgIpc) is 2.98. The Balaban J connectivity index is 2.02. The Labute approximate surface area is 298 Å². The smallest absolute Gasteiger partial charge is 0.313 e. The van der Waals surface area contributed by atoms with Gasteiger partial charge in [0.1, 0.15) is 23.6 Å². The molecule has 0 radical (unpaired) electrons. The van der Waals surface area contributed by atoms with Crippen molar-refractivity contribution in [2.75, 3.05) is 17.6 Å². The third kappa shape index (κ3) is 11.4. The number of carbonyl (C=O) groups excluding carboxylic acids is 2. The normalized spacial score (nSPS) is 13.5. The first-order valence-electron chi connectivity index (χ1n) is 16.7. The second-order valence-electron chi connectivity index (χ2n) is 15.2. The fourth-order valence-electron chi connectivity index (χ4n) is 5.03. The standard InChI is InChI=1S/C38H52FN3O6SSi/c1-26(2)34-32(35(28-17-19-29(39)20-18-28)41-36(40-34)42(8)49(9,45)46)22-21-31(48-50(10,11)37(3,4)5)23-30(43)24-33(44)47-38(6,7)25-27-15-13-12-14-16-27/h12-22,26,31H,23-25H2,1-11H3/b22-21+/t31-/m1/s1. The molecule has 0 aliphatic rings. The predicted molar refractivity (Wildman–Crippen MR) is 200 cm³/mol. The number of hydrogen-bond acceptors (Lipinski definition) is 8. The summed E-state index contributed by atoms with van der Waals surface area (Å²) in [6.45, 7) is 18.0. The lowest BCUT2D eigenvalue weighted by molar-refractivity contribution is -0.157. The van der Waals surface area contributed by atoms with Gasteiger partial charge in [-0.3, -0.25) is 9.59 Å². The molecule has 0 spiro atoms. The maximum Gasteiger partial charge on any atom is 0.313 e. The minimum Gasteiger partial charge on any atom is -0.459 e. The number of ketones is 1. The van der Waals surface area contributed by atoms with Crippen LogP contribution >= 0.6 is 0 Å². The summed E-state index contributed by atoms with van der Waals surface area (Å²) in [5.74, 6) is -1.56. The largest absolute Gasteiger partial charge is 0.459 e. The molecule has 1 aromatic heterocycles. The van der Waals surface area contributed by atoms with Crippen molar-refractivity contribution < 1.29 is 31.6 Å². The second-order valence-corrected chi connectivity index (χ2v) is 21.9. The fourth-order valence-corrected chi connectivity index (χ4v) is 6.68. The molecule has 3 aromatic rings. The van der Waals surface area contributed by atoms with Crippen molar-refractivity contribution in [3.8, 4) is 11.3 Å². The van der Waals surface area contributed by atoms with Crippen molar-refractivity contribution >= 4 is 42.1 Å². The zero-order valence-electron chi connectivity index (χ0n) is 31.2. The maximum atomic E-state index is 14.0. The van der Waals surface area contributed by atoms with Crippen LogP contribution in [0.3, 0.4) is 0 Å². The molecule has 3 rings (SSSR count). The van der Waals surface area contributed by atoms with Crippen LogP contribution in [0.15, 0.2) is 60.7 Å². The molecule has 0 aliphatic carbocycles. The Morgan fingerprint density at radius 3 is 2.12 bits per heavy atom. The summed E-state index contributed by atoms with van der Waals surface area (Å²) in [6.07, 6.45) is 3.95. The number of esters is 1. The summed E-state index contributed by atoms with van der Waals surface area (Å²) in [5.41, 5.74) is 2.30. The number of Topliss-reactive ketones (excluding diaryl/α,β-unsaturated/α-hetero) is 1. The van der Waals surface area contributed by atoms with Crippen molar-refractivity contribution in [2.24, 2.45) is 0 Å². The molecule has 2 aromatic carbocycles. The zero-order chi connectivity index (χ0) is 37.7. The number of benzene rings is 2. The van der Waals surface area contributed by atoms with Crippen LogP contribution in [-0.2, 0) is 35.2 Å². The van der Waals surface area contributed by atoms with E-state index < -0.39 is 48.3 Å². The minimum atomic E-state index is -3.69. The molecule has 0 saturated heterocycles. The molecule has 272 valence electrons. The molecular weight excluding hydrogens is 674 g/mol. The number of ether oxygens (including phenoxy) is 1. The van der Waals surface area contributed by atoms with Gasteiger partial charge in [0.25, 0.3) is 0 Å². The maximum absolute atomic E-state index is 14.0. The van der Waals surface area contributed by atoms with E-state index in [1.54, 1.807) is 24.3 Å². The van der Waals surface area contributed by atoms with E-state index in [0.29, 0.717) is 28.9 Å². The van der Waals surface area contributed by atoms with Crippen LogP contribution in [0.1, 0.15) is 84.0 Å². The van der Waals surface area contributed by atoms with Crippen LogP contribution in [-0.4, -0.2) is 63.5 Å². The van der Waals surface area contributed by atoms with Crippen molar-refractivity contribution in [1.82, 2.24) is 9.97 Å². The molecule has 0 amide bonds. The van der Waals surface area contributed by atoms with Crippen LogP contribution in [0.25, 0.3) is 17.3 Å². The number of aromatic nitrogens is 2. The van der Waals surface area contributed by atoms with Crippen LogP contribution in [0.4, 0.5) is 10.3 Å². The third-order valence-corrected chi connectivity index (χ3v) is 14.4. The predicted octanol–water partition coefficient (Wildman–Crippen LogP) is 8.12. The molecule has 0 unspecified atom stereocenters. The first kappa shape index (κ1) is 40.7. The van der Waals surface area contributed by atoms with Crippen molar-refractivity contribution in [2.45, 2.75) is 103 Å². The van der Waals surface area contributed by atoms with Crippen LogP contribution in [0, 0.1) is 5.82 Å². The lowest BCUT2D eigenvalue weighted by atomic mass is 9.97. The van der Waals surface area contributed by atoms with Gasteiger partial charge >= 0.3 is 5.97 Å². The van der Waals surface area contributed by atoms with Crippen LogP contribution in [0.2, 0.25) is 18.1 Å². The van der Waals surface area contributed by atoms with Gasteiger partial charge in [0, 0.05) is 31.0 Å². The third-order valence-electron chi connectivity index (χ3n) is 8.77. The Morgan fingerprint density at radius 1 is 0.980 bits per heavy atom. The van der Waals surface area contributed by atoms with E-state index in [4.69, 9.17) is 9.16 Å². The Kier molecular flexibility index (Phi) is 13.1. The van der Waals surface area contributed by atoms with Crippen LogP contribution < -0.4 is 4.31 Å². The molecule has 9 nitrogen and oxygen atoms in total.